The summed E-state index contributed by atoms with van der Waals surface area (Å²) < 4.78 is 12.8. The number of anilines is 2. The molecule has 2 saturated heterocycles. The highest BCUT2D eigenvalue weighted by atomic mass is 79.9. The summed E-state index contributed by atoms with van der Waals surface area (Å²) >= 11 is 19.2. The Morgan fingerprint density at radius 2 is 1.08 bits per heavy atom. The maximum atomic E-state index is 13.9. The minimum absolute atomic E-state index is 0.220. The van der Waals surface area contributed by atoms with E-state index in [1.807, 2.05) is 13.8 Å². The molecule has 0 aromatic heterocycles. The highest BCUT2D eigenvalue weighted by Crippen LogP contribution is 2.31. The van der Waals surface area contributed by atoms with Crippen LogP contribution in [0.4, 0.5) is 11.4 Å². The third-order valence-electron chi connectivity index (χ3n) is 8.55. The van der Waals surface area contributed by atoms with Gasteiger partial charge in [0.05, 0.1) is 10.0 Å². The molecule has 0 bridgehead atoms. The SMILES string of the molecule is CCN(C(=O)C(OC(=O)/C=C/C(=O)OC(C(=O)N(CC)c1ccc(Cl)c(Br)c1)C1CCNCC1)C1CCNCC1)c1ccc(Cl)c(Br)c1. The fourth-order valence-electron chi connectivity index (χ4n) is 6.00. The molecule has 4 rings (SSSR count). The largest absolute Gasteiger partial charge is 0.449 e. The van der Waals surface area contributed by atoms with Gasteiger partial charge in [-0.25, -0.2) is 9.59 Å². The van der Waals surface area contributed by atoms with Crippen molar-refractivity contribution in [3.63, 3.8) is 0 Å². The van der Waals surface area contributed by atoms with Crippen LogP contribution in [0.3, 0.4) is 0 Å². The number of amides is 2. The molecular weight excluding hydrogens is 791 g/mol. The molecule has 260 valence electrons. The smallest absolute Gasteiger partial charge is 0.331 e. The number of piperidine rings is 2. The molecule has 48 heavy (non-hydrogen) atoms. The molecule has 2 aromatic carbocycles. The van der Waals surface area contributed by atoms with Crippen molar-refractivity contribution in [2.75, 3.05) is 49.1 Å². The van der Waals surface area contributed by atoms with Crippen molar-refractivity contribution in [3.05, 3.63) is 67.5 Å². The van der Waals surface area contributed by atoms with Crippen molar-refractivity contribution in [1.82, 2.24) is 10.6 Å². The van der Waals surface area contributed by atoms with Crippen LogP contribution in [0, 0.1) is 11.8 Å². The second-order valence-electron chi connectivity index (χ2n) is 11.6. The Hall–Kier alpha value is -2.48. The van der Waals surface area contributed by atoms with Gasteiger partial charge in [0.2, 0.25) is 0 Å². The number of hydrogen-bond acceptors (Lipinski definition) is 8. The lowest BCUT2D eigenvalue weighted by Gasteiger charge is -2.33. The number of benzene rings is 2. The fraction of sp³-hybridized carbons (Fsp3) is 0.471. The van der Waals surface area contributed by atoms with E-state index < -0.39 is 24.1 Å². The Bertz CT molecular complexity index is 1390. The van der Waals surface area contributed by atoms with Gasteiger partial charge in [-0.3, -0.25) is 9.59 Å². The number of esters is 2. The number of ether oxygens (including phenoxy) is 2. The summed E-state index contributed by atoms with van der Waals surface area (Å²) in [5.74, 6) is -2.89. The second kappa shape index (κ2) is 18.5. The molecule has 2 unspecified atom stereocenters. The molecule has 0 radical (unpaired) electrons. The molecule has 2 fully saturated rings. The average Bonchev–Trinajstić information content (AvgIpc) is 3.09. The zero-order chi connectivity index (χ0) is 34.8. The monoisotopic (exact) mass is 828 g/mol. The van der Waals surface area contributed by atoms with E-state index in [4.69, 9.17) is 32.7 Å². The first-order valence-electron chi connectivity index (χ1n) is 16.1. The molecule has 14 heteroatoms. The van der Waals surface area contributed by atoms with Gasteiger partial charge in [-0.15, -0.1) is 0 Å². The van der Waals surface area contributed by atoms with Crippen LogP contribution in [0.25, 0.3) is 0 Å². The molecule has 2 aromatic rings. The number of hydrogen-bond donors (Lipinski definition) is 2. The predicted octanol–water partition coefficient (Wildman–Crippen LogP) is 6.30. The Morgan fingerprint density at radius 1 is 0.729 bits per heavy atom. The van der Waals surface area contributed by atoms with E-state index in [-0.39, 0.29) is 23.7 Å². The molecule has 2 amide bonds. The molecule has 10 nitrogen and oxygen atoms in total. The molecule has 2 heterocycles. The van der Waals surface area contributed by atoms with Crippen LogP contribution >= 0.6 is 55.1 Å². The van der Waals surface area contributed by atoms with Crippen molar-refractivity contribution < 1.29 is 28.7 Å². The van der Waals surface area contributed by atoms with Crippen LogP contribution in [-0.2, 0) is 28.7 Å². The summed E-state index contributed by atoms with van der Waals surface area (Å²) in [6.45, 7) is 7.07. The van der Waals surface area contributed by atoms with E-state index >= 15 is 0 Å². The van der Waals surface area contributed by atoms with E-state index in [0.29, 0.717) is 95.3 Å². The second-order valence-corrected chi connectivity index (χ2v) is 14.1. The molecule has 2 aliphatic heterocycles. The van der Waals surface area contributed by atoms with Gasteiger partial charge in [0.1, 0.15) is 0 Å². The normalized spacial score (nSPS) is 17.0. The summed E-state index contributed by atoms with van der Waals surface area (Å²) in [6, 6.07) is 10.3. The highest BCUT2D eigenvalue weighted by Gasteiger charge is 2.37. The van der Waals surface area contributed by atoms with Crippen molar-refractivity contribution in [1.29, 1.82) is 0 Å². The molecule has 0 spiro atoms. The lowest BCUT2D eigenvalue weighted by atomic mass is 9.91. The number of rotatable bonds is 12. The van der Waals surface area contributed by atoms with Gasteiger partial charge in [0, 0.05) is 57.4 Å². The van der Waals surface area contributed by atoms with E-state index in [0.717, 1.165) is 12.2 Å². The third kappa shape index (κ3) is 10.0. The zero-order valence-corrected chi connectivity index (χ0v) is 31.5. The van der Waals surface area contributed by atoms with Gasteiger partial charge in [0.15, 0.2) is 12.2 Å². The van der Waals surface area contributed by atoms with E-state index in [1.165, 1.54) is 0 Å². The van der Waals surface area contributed by atoms with Gasteiger partial charge >= 0.3 is 11.9 Å². The number of carbonyl (C=O) groups excluding carboxylic acids is 4. The number of carbonyl (C=O) groups is 4. The Kier molecular flexibility index (Phi) is 14.8. The fourth-order valence-corrected chi connectivity index (χ4v) is 6.97. The van der Waals surface area contributed by atoms with Crippen LogP contribution in [0.5, 0.6) is 0 Å². The Morgan fingerprint density at radius 3 is 1.40 bits per heavy atom. The van der Waals surface area contributed by atoms with E-state index in [2.05, 4.69) is 42.5 Å². The summed E-state index contributed by atoms with van der Waals surface area (Å²) in [7, 11) is 0. The van der Waals surface area contributed by atoms with Crippen LogP contribution < -0.4 is 20.4 Å². The Labute approximate surface area is 308 Å². The summed E-state index contributed by atoms with van der Waals surface area (Å²) in [5.41, 5.74) is 1.21. The van der Waals surface area contributed by atoms with Crippen molar-refractivity contribution in [2.24, 2.45) is 11.8 Å². The van der Waals surface area contributed by atoms with Gasteiger partial charge in [-0.2, -0.15) is 0 Å². The first-order valence-corrected chi connectivity index (χ1v) is 18.4. The first-order chi connectivity index (χ1) is 23.0. The lowest BCUT2D eigenvalue weighted by molar-refractivity contribution is -0.155. The third-order valence-corrected chi connectivity index (χ3v) is 11.0. The minimum Gasteiger partial charge on any atom is -0.449 e. The molecule has 0 aliphatic carbocycles. The van der Waals surface area contributed by atoms with Gasteiger partial charge in [-0.1, -0.05) is 23.2 Å². The number of nitrogens with zero attached hydrogens (tertiary/aromatic N) is 2. The van der Waals surface area contributed by atoms with E-state index in [9.17, 15) is 19.2 Å². The van der Waals surface area contributed by atoms with Gasteiger partial charge < -0.3 is 29.9 Å². The first kappa shape index (κ1) is 38.3. The number of likely N-dealkylation sites (N-methyl/N-ethyl adjacent to an activating group) is 2. The predicted molar refractivity (Wildman–Crippen MR) is 194 cm³/mol. The average molecular weight is 831 g/mol. The maximum absolute atomic E-state index is 13.9. The van der Waals surface area contributed by atoms with Crippen LogP contribution in [-0.4, -0.2) is 75.2 Å². The molecule has 0 saturated carbocycles. The quantitative estimate of drug-likeness (QED) is 0.189. The topological polar surface area (TPSA) is 117 Å². The van der Waals surface area contributed by atoms with Crippen molar-refractivity contribution in [2.45, 2.75) is 51.7 Å². The summed E-state index contributed by atoms with van der Waals surface area (Å²) in [6.07, 6.45) is 2.30. The van der Waals surface area contributed by atoms with E-state index in [1.54, 1.807) is 46.2 Å². The van der Waals surface area contributed by atoms with Crippen molar-refractivity contribution in [3.8, 4) is 0 Å². The molecule has 2 atom stereocenters. The maximum Gasteiger partial charge on any atom is 0.331 e. The molecule has 2 aliphatic rings. The van der Waals surface area contributed by atoms with Gasteiger partial charge in [0.25, 0.3) is 11.8 Å². The molecular formula is C34H40Br2Cl2N4O6. The zero-order valence-electron chi connectivity index (χ0n) is 26.9. The van der Waals surface area contributed by atoms with Crippen LogP contribution in [0.15, 0.2) is 57.5 Å². The number of halogens is 4. The number of nitrogens with one attached hydrogen (secondary N) is 2. The van der Waals surface area contributed by atoms with Gasteiger partial charge in [-0.05, 0) is 134 Å². The van der Waals surface area contributed by atoms with Crippen LogP contribution in [0.2, 0.25) is 10.0 Å². The summed E-state index contributed by atoms with van der Waals surface area (Å²) in [4.78, 5) is 57.2. The molecule has 2 N–H and O–H groups in total. The highest BCUT2D eigenvalue weighted by molar-refractivity contribution is 9.10. The van der Waals surface area contributed by atoms with Crippen LogP contribution in [0.1, 0.15) is 39.5 Å². The van der Waals surface area contributed by atoms with Crippen molar-refractivity contribution >= 4 is 90.2 Å². The summed E-state index contributed by atoms with van der Waals surface area (Å²) in [5, 5.41) is 7.55. The Balaban J connectivity index is 1.50. The lowest BCUT2D eigenvalue weighted by Crippen LogP contribution is -2.48. The minimum atomic E-state index is -1.07. The standard InChI is InChI=1S/C34H40Br2Cl2N4O6/c1-3-41(23-5-7-27(37)25(35)19-23)33(45)31(21-11-15-39-16-12-21)47-29(43)9-10-30(44)48-32(22-13-17-40-18-14-22)34(46)42(4-2)24-6-8-28(38)26(36)20-24/h5-10,19-22,31-32,39-40H,3-4,11-18H2,1-2H3/b10-9+.